The Morgan fingerprint density at radius 3 is 2.33 bits per heavy atom. The minimum atomic E-state index is -0.416. The highest BCUT2D eigenvalue weighted by Gasteiger charge is 2.22. The molecule has 1 aromatic carbocycles. The van der Waals surface area contributed by atoms with E-state index in [0.29, 0.717) is 12.5 Å². The second kappa shape index (κ2) is 7.08. The van der Waals surface area contributed by atoms with Gasteiger partial charge in [-0.25, -0.2) is 0 Å². The minimum absolute atomic E-state index is 0.0696. The van der Waals surface area contributed by atoms with Crippen LogP contribution in [-0.4, -0.2) is 23.7 Å². The molecule has 1 amide bonds. The van der Waals surface area contributed by atoms with Gasteiger partial charge < -0.3 is 10.4 Å². The number of carbonyl (C=O) groups is 1. The van der Waals surface area contributed by atoms with Gasteiger partial charge in [-0.05, 0) is 50.7 Å². The Hall–Kier alpha value is -1.35. The highest BCUT2D eigenvalue weighted by molar-refractivity contribution is 5.97. The number of benzene rings is 1. The van der Waals surface area contributed by atoms with Crippen molar-refractivity contribution in [2.24, 2.45) is 5.92 Å². The molecule has 1 aromatic rings. The molecule has 21 heavy (non-hydrogen) atoms. The van der Waals surface area contributed by atoms with Gasteiger partial charge in [0.05, 0.1) is 6.10 Å². The smallest absolute Gasteiger partial charge is 0.251 e. The van der Waals surface area contributed by atoms with E-state index < -0.39 is 6.10 Å². The number of hydrogen-bond donors (Lipinski definition) is 2. The van der Waals surface area contributed by atoms with Crippen molar-refractivity contribution in [2.75, 3.05) is 6.54 Å². The Balaban J connectivity index is 1.95. The summed E-state index contributed by atoms with van der Waals surface area (Å²) in [6, 6.07) is 4.05. The molecule has 0 spiro atoms. The van der Waals surface area contributed by atoms with Gasteiger partial charge in [-0.3, -0.25) is 4.79 Å². The molecule has 3 heteroatoms. The third-order valence-corrected chi connectivity index (χ3v) is 4.57. The van der Waals surface area contributed by atoms with Crippen molar-refractivity contribution in [3.63, 3.8) is 0 Å². The van der Waals surface area contributed by atoms with Crippen LogP contribution in [0.5, 0.6) is 0 Å². The molecule has 0 saturated heterocycles. The lowest BCUT2D eigenvalue weighted by Gasteiger charge is -2.26. The molecule has 0 radical (unpaired) electrons. The van der Waals surface area contributed by atoms with E-state index in [0.717, 1.165) is 29.5 Å². The number of carbonyl (C=O) groups excluding carboxylic acids is 1. The summed E-state index contributed by atoms with van der Waals surface area (Å²) in [5.74, 6) is 0.277. The minimum Gasteiger partial charge on any atom is -0.391 e. The number of aliphatic hydroxyl groups is 1. The van der Waals surface area contributed by atoms with Crippen LogP contribution >= 0.6 is 0 Å². The van der Waals surface area contributed by atoms with Crippen molar-refractivity contribution in [1.82, 2.24) is 5.32 Å². The van der Waals surface area contributed by atoms with E-state index in [9.17, 15) is 9.90 Å². The van der Waals surface area contributed by atoms with Crippen molar-refractivity contribution < 1.29 is 9.90 Å². The number of hydrogen-bond acceptors (Lipinski definition) is 2. The summed E-state index contributed by atoms with van der Waals surface area (Å²) in [4.78, 5) is 12.4. The zero-order valence-electron chi connectivity index (χ0n) is 13.4. The highest BCUT2D eigenvalue weighted by atomic mass is 16.3. The SMILES string of the molecule is Cc1cc(C)c(C(=O)NCC(O)C2CCCCC2)c(C)c1. The summed E-state index contributed by atoms with van der Waals surface area (Å²) in [5.41, 5.74) is 3.91. The van der Waals surface area contributed by atoms with Crippen molar-refractivity contribution in [2.45, 2.75) is 59.0 Å². The fourth-order valence-corrected chi connectivity index (χ4v) is 3.51. The molecule has 1 atom stereocenters. The van der Waals surface area contributed by atoms with Gasteiger partial charge in [-0.15, -0.1) is 0 Å². The van der Waals surface area contributed by atoms with Crippen LogP contribution in [0.4, 0.5) is 0 Å². The first-order valence-corrected chi connectivity index (χ1v) is 8.03. The maximum atomic E-state index is 12.4. The van der Waals surface area contributed by atoms with Crippen molar-refractivity contribution in [3.8, 4) is 0 Å². The Labute approximate surface area is 127 Å². The number of nitrogens with one attached hydrogen (secondary N) is 1. The van der Waals surface area contributed by atoms with E-state index in [1.165, 1.54) is 24.8 Å². The third kappa shape index (κ3) is 4.07. The van der Waals surface area contributed by atoms with Crippen LogP contribution in [0.1, 0.15) is 59.2 Å². The van der Waals surface area contributed by atoms with Crippen LogP contribution in [0.2, 0.25) is 0 Å². The zero-order valence-corrected chi connectivity index (χ0v) is 13.4. The number of amides is 1. The Morgan fingerprint density at radius 2 is 1.76 bits per heavy atom. The van der Waals surface area contributed by atoms with Gasteiger partial charge >= 0.3 is 0 Å². The van der Waals surface area contributed by atoms with E-state index >= 15 is 0 Å². The van der Waals surface area contributed by atoms with Crippen molar-refractivity contribution >= 4 is 5.91 Å². The summed E-state index contributed by atoms with van der Waals surface area (Å²) in [6.45, 7) is 6.32. The van der Waals surface area contributed by atoms with E-state index in [-0.39, 0.29) is 5.91 Å². The van der Waals surface area contributed by atoms with Crippen LogP contribution in [0, 0.1) is 26.7 Å². The first kappa shape index (κ1) is 16.0. The summed E-state index contributed by atoms with van der Waals surface area (Å²) in [7, 11) is 0. The maximum Gasteiger partial charge on any atom is 0.251 e. The fourth-order valence-electron chi connectivity index (χ4n) is 3.51. The number of aryl methyl sites for hydroxylation is 3. The predicted octanol–water partition coefficient (Wildman–Crippen LogP) is 3.28. The average Bonchev–Trinajstić information content (AvgIpc) is 2.44. The quantitative estimate of drug-likeness (QED) is 0.893. The standard InChI is InChI=1S/C18H27NO2/c1-12-9-13(2)17(14(3)10-12)18(21)19-11-16(20)15-7-5-4-6-8-15/h9-10,15-16,20H,4-8,11H2,1-3H3,(H,19,21). The normalized spacial score (nSPS) is 17.5. The molecule has 1 aliphatic rings. The van der Waals surface area contributed by atoms with Crippen LogP contribution in [-0.2, 0) is 0 Å². The van der Waals surface area contributed by atoms with Gasteiger partial charge in [-0.1, -0.05) is 37.0 Å². The maximum absolute atomic E-state index is 12.4. The van der Waals surface area contributed by atoms with Crippen LogP contribution in [0.3, 0.4) is 0 Å². The molecule has 1 fully saturated rings. The molecule has 0 heterocycles. The highest BCUT2D eigenvalue weighted by Crippen LogP contribution is 2.26. The lowest BCUT2D eigenvalue weighted by molar-refractivity contribution is 0.0738. The predicted molar refractivity (Wildman–Crippen MR) is 85.6 cm³/mol. The lowest BCUT2D eigenvalue weighted by atomic mass is 9.85. The Morgan fingerprint density at radius 1 is 1.19 bits per heavy atom. The molecule has 3 nitrogen and oxygen atoms in total. The molecule has 2 N–H and O–H groups in total. The first-order chi connectivity index (χ1) is 9.99. The van der Waals surface area contributed by atoms with Gasteiger partial charge in [0, 0.05) is 12.1 Å². The fraction of sp³-hybridized carbons (Fsp3) is 0.611. The molecule has 1 aliphatic carbocycles. The third-order valence-electron chi connectivity index (χ3n) is 4.57. The molecule has 0 aromatic heterocycles. The molecular formula is C18H27NO2. The number of rotatable bonds is 4. The summed E-state index contributed by atoms with van der Waals surface area (Å²) in [5, 5.41) is 13.1. The molecule has 116 valence electrons. The first-order valence-electron chi connectivity index (χ1n) is 8.03. The van der Waals surface area contributed by atoms with Crippen LogP contribution < -0.4 is 5.32 Å². The van der Waals surface area contributed by atoms with Crippen molar-refractivity contribution in [3.05, 3.63) is 34.4 Å². The topological polar surface area (TPSA) is 49.3 Å². The average molecular weight is 289 g/mol. The van der Waals surface area contributed by atoms with E-state index in [1.807, 2.05) is 32.9 Å². The largest absolute Gasteiger partial charge is 0.391 e. The van der Waals surface area contributed by atoms with Gasteiger partial charge in [0.25, 0.3) is 5.91 Å². The Kier molecular flexibility index (Phi) is 5.40. The monoisotopic (exact) mass is 289 g/mol. The molecule has 0 bridgehead atoms. The van der Waals surface area contributed by atoms with Gasteiger partial charge in [0.2, 0.25) is 0 Å². The van der Waals surface area contributed by atoms with Crippen LogP contribution in [0.15, 0.2) is 12.1 Å². The summed E-state index contributed by atoms with van der Waals surface area (Å²) >= 11 is 0. The van der Waals surface area contributed by atoms with E-state index in [4.69, 9.17) is 0 Å². The molecule has 2 rings (SSSR count). The van der Waals surface area contributed by atoms with Gasteiger partial charge in [0.1, 0.15) is 0 Å². The number of aliphatic hydroxyl groups excluding tert-OH is 1. The Bertz CT molecular complexity index is 481. The molecule has 1 unspecified atom stereocenters. The lowest BCUT2D eigenvalue weighted by Crippen LogP contribution is -2.37. The van der Waals surface area contributed by atoms with Crippen molar-refractivity contribution in [1.29, 1.82) is 0 Å². The van der Waals surface area contributed by atoms with Gasteiger partial charge in [-0.2, -0.15) is 0 Å². The van der Waals surface area contributed by atoms with E-state index in [1.54, 1.807) is 0 Å². The van der Waals surface area contributed by atoms with Crippen LogP contribution in [0.25, 0.3) is 0 Å². The second-order valence-corrected chi connectivity index (χ2v) is 6.45. The second-order valence-electron chi connectivity index (χ2n) is 6.45. The van der Waals surface area contributed by atoms with Gasteiger partial charge in [0.15, 0.2) is 0 Å². The molecule has 0 aliphatic heterocycles. The summed E-state index contributed by atoms with van der Waals surface area (Å²) in [6.07, 6.45) is 5.43. The van der Waals surface area contributed by atoms with E-state index in [2.05, 4.69) is 5.32 Å². The zero-order chi connectivity index (χ0) is 15.4. The molecular weight excluding hydrogens is 262 g/mol. The summed E-state index contributed by atoms with van der Waals surface area (Å²) < 4.78 is 0. The molecule has 1 saturated carbocycles.